The predicted octanol–water partition coefficient (Wildman–Crippen LogP) is 7.12. The predicted molar refractivity (Wildman–Crippen MR) is 135 cm³/mol. The summed E-state index contributed by atoms with van der Waals surface area (Å²) in [6, 6.07) is 24.8. The Hall–Kier alpha value is -3.66. The van der Waals surface area contributed by atoms with E-state index in [0.29, 0.717) is 38.1 Å². The fourth-order valence-corrected chi connectivity index (χ4v) is 4.35. The molecule has 0 fully saturated rings. The van der Waals surface area contributed by atoms with E-state index >= 15 is 0 Å². The number of thioether (sulfide) groups is 1. The van der Waals surface area contributed by atoms with Crippen LogP contribution in [0.4, 0.5) is 10.1 Å². The van der Waals surface area contributed by atoms with E-state index in [9.17, 15) is 14.4 Å². The van der Waals surface area contributed by atoms with Crippen LogP contribution in [-0.4, -0.2) is 16.6 Å². The second kappa shape index (κ2) is 10.5. The molecule has 0 radical (unpaired) electrons. The van der Waals surface area contributed by atoms with Gasteiger partial charge in [-0.25, -0.2) is 9.37 Å². The first kappa shape index (κ1) is 23.5. The maximum Gasteiger partial charge on any atom is 0.234 e. The highest BCUT2D eigenvalue weighted by molar-refractivity contribution is 8.00. The maximum absolute atomic E-state index is 13.5. The average Bonchev–Trinajstić information content (AvgIpc) is 2.83. The molecule has 0 aliphatic heterocycles. The van der Waals surface area contributed by atoms with Crippen LogP contribution < -0.4 is 5.32 Å². The van der Waals surface area contributed by atoms with Gasteiger partial charge in [0.15, 0.2) is 0 Å². The Kier molecular flexibility index (Phi) is 7.27. The standard InChI is InChI=1S/C27H19ClFN3OS/c1-17-5-7-18(8-6-17)23-14-25(19-9-11-21(29)12-10-19)32-27(24(23)15-30)34-16-26(33)31-22-4-2-3-20(28)13-22/h2-14H,16H2,1H3,(H,31,33). The van der Waals surface area contributed by atoms with Gasteiger partial charge in [0.05, 0.1) is 17.0 Å². The fraction of sp³-hybridized carbons (Fsp3) is 0.0741. The summed E-state index contributed by atoms with van der Waals surface area (Å²) < 4.78 is 13.5. The molecular formula is C27H19ClFN3OS. The van der Waals surface area contributed by atoms with Gasteiger partial charge in [0.1, 0.15) is 16.9 Å². The van der Waals surface area contributed by atoms with E-state index in [1.807, 2.05) is 37.3 Å². The van der Waals surface area contributed by atoms with Crippen molar-refractivity contribution in [2.45, 2.75) is 11.9 Å². The van der Waals surface area contributed by atoms with Crippen molar-refractivity contribution in [3.8, 4) is 28.5 Å². The van der Waals surface area contributed by atoms with Gasteiger partial charge >= 0.3 is 0 Å². The van der Waals surface area contributed by atoms with Crippen LogP contribution in [0.15, 0.2) is 83.9 Å². The largest absolute Gasteiger partial charge is 0.325 e. The van der Waals surface area contributed by atoms with Gasteiger partial charge in [-0.2, -0.15) is 5.26 Å². The van der Waals surface area contributed by atoms with Crippen LogP contribution in [0, 0.1) is 24.1 Å². The number of pyridine rings is 1. The van der Waals surface area contributed by atoms with Crippen molar-refractivity contribution >= 4 is 35.0 Å². The summed E-state index contributed by atoms with van der Waals surface area (Å²) in [5, 5.41) is 13.7. The summed E-state index contributed by atoms with van der Waals surface area (Å²) in [6.07, 6.45) is 0. The topological polar surface area (TPSA) is 65.8 Å². The summed E-state index contributed by atoms with van der Waals surface area (Å²) in [6.45, 7) is 1.99. The molecule has 0 spiro atoms. The van der Waals surface area contributed by atoms with Crippen molar-refractivity contribution in [2.75, 3.05) is 11.1 Å². The molecule has 34 heavy (non-hydrogen) atoms. The lowest BCUT2D eigenvalue weighted by atomic mass is 9.98. The Balaban J connectivity index is 1.69. The smallest absolute Gasteiger partial charge is 0.234 e. The zero-order valence-electron chi connectivity index (χ0n) is 18.2. The highest BCUT2D eigenvalue weighted by atomic mass is 35.5. The fourth-order valence-electron chi connectivity index (χ4n) is 3.36. The van der Waals surface area contributed by atoms with Gasteiger partial charge in [0.2, 0.25) is 5.91 Å². The van der Waals surface area contributed by atoms with Crippen LogP contribution in [0.25, 0.3) is 22.4 Å². The number of halogens is 2. The molecule has 0 aliphatic carbocycles. The summed E-state index contributed by atoms with van der Waals surface area (Å²) in [5.74, 6) is -0.542. The minimum absolute atomic E-state index is 0.0500. The summed E-state index contributed by atoms with van der Waals surface area (Å²) in [4.78, 5) is 17.2. The van der Waals surface area contributed by atoms with Gasteiger partial charge in [-0.3, -0.25) is 4.79 Å². The summed E-state index contributed by atoms with van der Waals surface area (Å²) >= 11 is 7.16. The second-order valence-electron chi connectivity index (χ2n) is 7.57. The lowest BCUT2D eigenvalue weighted by molar-refractivity contribution is -0.113. The molecular weight excluding hydrogens is 469 g/mol. The maximum atomic E-state index is 13.5. The van der Waals surface area contributed by atoms with Crippen molar-refractivity contribution < 1.29 is 9.18 Å². The van der Waals surface area contributed by atoms with Crippen molar-refractivity contribution in [2.24, 2.45) is 0 Å². The van der Waals surface area contributed by atoms with Gasteiger partial charge in [0.25, 0.3) is 0 Å². The van der Waals surface area contributed by atoms with E-state index in [4.69, 9.17) is 11.6 Å². The molecule has 0 saturated heterocycles. The highest BCUT2D eigenvalue weighted by Crippen LogP contribution is 2.34. The third kappa shape index (κ3) is 5.63. The normalized spacial score (nSPS) is 10.5. The number of hydrogen-bond acceptors (Lipinski definition) is 4. The van der Waals surface area contributed by atoms with Gasteiger partial charge in [-0.1, -0.05) is 59.3 Å². The molecule has 1 amide bonds. The molecule has 1 heterocycles. The summed E-state index contributed by atoms with van der Waals surface area (Å²) in [7, 11) is 0. The van der Waals surface area contributed by atoms with E-state index in [0.717, 1.165) is 11.1 Å². The van der Waals surface area contributed by atoms with Gasteiger partial charge in [-0.15, -0.1) is 0 Å². The highest BCUT2D eigenvalue weighted by Gasteiger charge is 2.17. The Labute approximate surface area is 206 Å². The number of nitrogens with zero attached hydrogens (tertiary/aromatic N) is 2. The first-order chi connectivity index (χ1) is 16.4. The van der Waals surface area contributed by atoms with Crippen molar-refractivity contribution in [3.63, 3.8) is 0 Å². The number of aromatic nitrogens is 1. The first-order valence-corrected chi connectivity index (χ1v) is 11.8. The molecule has 168 valence electrons. The third-order valence-corrected chi connectivity index (χ3v) is 6.26. The minimum atomic E-state index is -0.344. The number of amides is 1. The molecule has 0 unspecified atom stereocenters. The molecule has 1 N–H and O–H groups in total. The molecule has 0 bridgehead atoms. The van der Waals surface area contributed by atoms with E-state index in [1.54, 1.807) is 36.4 Å². The Morgan fingerprint density at radius 1 is 1.06 bits per heavy atom. The van der Waals surface area contributed by atoms with Crippen molar-refractivity contribution in [1.29, 1.82) is 5.26 Å². The SMILES string of the molecule is Cc1ccc(-c2cc(-c3ccc(F)cc3)nc(SCC(=O)Nc3cccc(Cl)c3)c2C#N)cc1. The Bertz CT molecular complexity index is 1380. The van der Waals surface area contributed by atoms with Crippen LogP contribution in [0.1, 0.15) is 11.1 Å². The number of rotatable bonds is 6. The quantitative estimate of drug-likeness (QED) is 0.294. The molecule has 4 aromatic rings. The van der Waals surface area contributed by atoms with Gasteiger partial charge in [0, 0.05) is 21.8 Å². The molecule has 1 aromatic heterocycles. The molecule has 0 saturated carbocycles. The van der Waals surface area contributed by atoms with E-state index in [2.05, 4.69) is 16.4 Å². The number of carbonyl (C=O) groups is 1. The number of carbonyl (C=O) groups excluding carboxylic acids is 1. The number of aryl methyl sites for hydroxylation is 1. The molecule has 4 nitrogen and oxygen atoms in total. The first-order valence-electron chi connectivity index (χ1n) is 10.4. The second-order valence-corrected chi connectivity index (χ2v) is 8.97. The number of anilines is 1. The van der Waals surface area contributed by atoms with E-state index in [-0.39, 0.29) is 17.5 Å². The third-order valence-electron chi connectivity index (χ3n) is 5.05. The van der Waals surface area contributed by atoms with E-state index in [1.165, 1.54) is 23.9 Å². The molecule has 4 rings (SSSR count). The van der Waals surface area contributed by atoms with Crippen LogP contribution >= 0.6 is 23.4 Å². The Morgan fingerprint density at radius 3 is 2.44 bits per heavy atom. The zero-order valence-corrected chi connectivity index (χ0v) is 19.8. The van der Waals surface area contributed by atoms with Crippen molar-refractivity contribution in [1.82, 2.24) is 4.98 Å². The van der Waals surface area contributed by atoms with Crippen LogP contribution in [0.3, 0.4) is 0 Å². The average molecular weight is 488 g/mol. The van der Waals surface area contributed by atoms with Crippen LogP contribution in [0.5, 0.6) is 0 Å². The lowest BCUT2D eigenvalue weighted by Crippen LogP contribution is -2.14. The Morgan fingerprint density at radius 2 is 1.76 bits per heavy atom. The molecule has 3 aromatic carbocycles. The molecule has 0 atom stereocenters. The lowest BCUT2D eigenvalue weighted by Gasteiger charge is -2.13. The molecule has 7 heteroatoms. The van der Waals surface area contributed by atoms with Crippen molar-refractivity contribution in [3.05, 3.63) is 101 Å². The number of nitriles is 1. The minimum Gasteiger partial charge on any atom is -0.325 e. The monoisotopic (exact) mass is 487 g/mol. The number of nitrogens with one attached hydrogen (secondary N) is 1. The zero-order chi connectivity index (χ0) is 24.1. The molecule has 0 aliphatic rings. The van der Waals surface area contributed by atoms with Crippen LogP contribution in [-0.2, 0) is 4.79 Å². The van der Waals surface area contributed by atoms with Gasteiger partial charge < -0.3 is 5.32 Å². The number of benzene rings is 3. The summed E-state index contributed by atoms with van der Waals surface area (Å²) in [5.41, 5.74) is 4.94. The van der Waals surface area contributed by atoms with E-state index < -0.39 is 0 Å². The number of hydrogen-bond donors (Lipinski definition) is 1. The van der Waals surface area contributed by atoms with Crippen LogP contribution in [0.2, 0.25) is 5.02 Å². The van der Waals surface area contributed by atoms with Gasteiger partial charge in [-0.05, 0) is 61.0 Å².